The maximum atomic E-state index is 12.2. The number of nitrogens with zero attached hydrogens (tertiary/aromatic N) is 2. The second-order valence-corrected chi connectivity index (χ2v) is 4.40. The van der Waals surface area contributed by atoms with Gasteiger partial charge in [0.25, 0.3) is 5.91 Å². The normalized spacial score (nSPS) is 20.4. The van der Waals surface area contributed by atoms with E-state index in [0.29, 0.717) is 5.69 Å². The van der Waals surface area contributed by atoms with Crippen LogP contribution in [-0.2, 0) is 7.05 Å². The molecular formula is C12H18N2O2. The Hall–Kier alpha value is -1.29. The summed E-state index contributed by atoms with van der Waals surface area (Å²) in [6, 6.07) is 3.80. The lowest BCUT2D eigenvalue weighted by Gasteiger charge is -2.23. The van der Waals surface area contributed by atoms with E-state index in [4.69, 9.17) is 0 Å². The lowest BCUT2D eigenvalue weighted by atomic mass is 10.2. The molecule has 0 saturated carbocycles. The third-order valence-corrected chi connectivity index (χ3v) is 3.44. The number of rotatable bonds is 2. The fourth-order valence-electron chi connectivity index (χ4n) is 2.27. The molecule has 1 N–H and O–H groups in total. The molecule has 1 aromatic heterocycles. The van der Waals surface area contributed by atoms with Gasteiger partial charge in [0, 0.05) is 19.3 Å². The van der Waals surface area contributed by atoms with Crippen LogP contribution in [0, 0.1) is 6.92 Å². The van der Waals surface area contributed by atoms with Crippen LogP contribution in [0.1, 0.15) is 29.0 Å². The molecule has 0 aromatic carbocycles. The van der Waals surface area contributed by atoms with Crippen molar-refractivity contribution in [2.24, 2.45) is 7.05 Å². The first-order chi connectivity index (χ1) is 7.65. The largest absolute Gasteiger partial charge is 0.394 e. The predicted octanol–water partition coefficient (Wildman–Crippen LogP) is 0.930. The van der Waals surface area contributed by atoms with Crippen molar-refractivity contribution in [2.45, 2.75) is 25.8 Å². The molecule has 4 heteroatoms. The van der Waals surface area contributed by atoms with Gasteiger partial charge in [0.05, 0.1) is 12.6 Å². The van der Waals surface area contributed by atoms with Gasteiger partial charge in [-0.3, -0.25) is 4.79 Å². The van der Waals surface area contributed by atoms with Crippen molar-refractivity contribution in [3.63, 3.8) is 0 Å². The number of likely N-dealkylation sites (tertiary alicyclic amines) is 1. The first-order valence-electron chi connectivity index (χ1n) is 5.69. The van der Waals surface area contributed by atoms with Gasteiger partial charge in [0.2, 0.25) is 0 Å². The number of aliphatic hydroxyl groups is 1. The molecule has 1 saturated heterocycles. The molecule has 0 bridgehead atoms. The molecule has 1 fully saturated rings. The van der Waals surface area contributed by atoms with E-state index in [1.54, 1.807) is 4.90 Å². The minimum Gasteiger partial charge on any atom is -0.394 e. The van der Waals surface area contributed by atoms with Gasteiger partial charge in [-0.25, -0.2) is 0 Å². The Bertz CT molecular complexity index is 398. The van der Waals surface area contributed by atoms with E-state index in [9.17, 15) is 9.90 Å². The summed E-state index contributed by atoms with van der Waals surface area (Å²) in [5.41, 5.74) is 1.78. The van der Waals surface area contributed by atoms with Crippen molar-refractivity contribution in [3.8, 4) is 0 Å². The van der Waals surface area contributed by atoms with E-state index >= 15 is 0 Å². The zero-order valence-corrected chi connectivity index (χ0v) is 9.81. The van der Waals surface area contributed by atoms with Crippen molar-refractivity contribution in [1.82, 2.24) is 9.47 Å². The predicted molar refractivity (Wildman–Crippen MR) is 61.3 cm³/mol. The summed E-state index contributed by atoms with van der Waals surface area (Å²) < 4.78 is 1.90. The second kappa shape index (κ2) is 4.29. The standard InChI is InChI=1S/C12H18N2O2/c1-9-5-6-11(13(9)2)12(16)14-7-3-4-10(14)8-15/h5-6,10,15H,3-4,7-8H2,1-2H3/t10-/m0/s1. The molecule has 2 heterocycles. The van der Waals surface area contributed by atoms with Gasteiger partial charge in [-0.15, -0.1) is 0 Å². The number of carbonyl (C=O) groups is 1. The summed E-state index contributed by atoms with van der Waals surface area (Å²) in [6.45, 7) is 2.80. The van der Waals surface area contributed by atoms with Gasteiger partial charge in [0.1, 0.15) is 5.69 Å². The first-order valence-corrected chi connectivity index (χ1v) is 5.69. The van der Waals surface area contributed by atoms with E-state index in [1.807, 2.05) is 30.7 Å². The first kappa shape index (κ1) is 11.2. The zero-order valence-electron chi connectivity index (χ0n) is 9.81. The number of carbonyl (C=O) groups excluding carboxylic acids is 1. The summed E-state index contributed by atoms with van der Waals surface area (Å²) in [4.78, 5) is 14.0. The summed E-state index contributed by atoms with van der Waals surface area (Å²) in [6.07, 6.45) is 1.89. The molecule has 2 rings (SSSR count). The number of aromatic nitrogens is 1. The van der Waals surface area contributed by atoms with E-state index in [0.717, 1.165) is 25.1 Å². The van der Waals surface area contributed by atoms with Gasteiger partial charge in [0.15, 0.2) is 0 Å². The molecular weight excluding hydrogens is 204 g/mol. The van der Waals surface area contributed by atoms with Crippen molar-refractivity contribution >= 4 is 5.91 Å². The molecule has 1 aromatic rings. The Kier molecular flexibility index (Phi) is 3.01. The SMILES string of the molecule is Cc1ccc(C(=O)N2CCC[C@H]2CO)n1C. The van der Waals surface area contributed by atoms with Crippen molar-refractivity contribution in [1.29, 1.82) is 0 Å². The van der Waals surface area contributed by atoms with E-state index in [1.165, 1.54) is 0 Å². The molecule has 4 nitrogen and oxygen atoms in total. The van der Waals surface area contributed by atoms with Gasteiger partial charge in [-0.2, -0.15) is 0 Å². The van der Waals surface area contributed by atoms with Crippen LogP contribution in [0.3, 0.4) is 0 Å². The molecule has 0 radical (unpaired) electrons. The fourth-order valence-corrected chi connectivity index (χ4v) is 2.27. The Labute approximate surface area is 95.5 Å². The monoisotopic (exact) mass is 222 g/mol. The molecule has 1 aliphatic heterocycles. The number of hydrogen-bond donors (Lipinski definition) is 1. The van der Waals surface area contributed by atoms with Crippen LogP contribution >= 0.6 is 0 Å². The van der Waals surface area contributed by atoms with E-state index < -0.39 is 0 Å². The van der Waals surface area contributed by atoms with Crippen LogP contribution in [0.25, 0.3) is 0 Å². The number of hydrogen-bond acceptors (Lipinski definition) is 2. The topological polar surface area (TPSA) is 45.5 Å². The number of aliphatic hydroxyl groups excluding tert-OH is 1. The number of amides is 1. The Morgan fingerprint density at radius 3 is 2.88 bits per heavy atom. The molecule has 0 unspecified atom stereocenters. The highest BCUT2D eigenvalue weighted by atomic mass is 16.3. The van der Waals surface area contributed by atoms with Gasteiger partial charge < -0.3 is 14.6 Å². The number of aryl methyl sites for hydroxylation is 1. The third kappa shape index (κ3) is 1.73. The van der Waals surface area contributed by atoms with Gasteiger partial charge >= 0.3 is 0 Å². The zero-order chi connectivity index (χ0) is 11.7. The van der Waals surface area contributed by atoms with Crippen molar-refractivity contribution in [3.05, 3.63) is 23.5 Å². The van der Waals surface area contributed by atoms with E-state index in [-0.39, 0.29) is 18.6 Å². The molecule has 1 atom stereocenters. The van der Waals surface area contributed by atoms with Crippen molar-refractivity contribution in [2.75, 3.05) is 13.2 Å². The molecule has 0 spiro atoms. The highest BCUT2D eigenvalue weighted by Gasteiger charge is 2.29. The van der Waals surface area contributed by atoms with Crippen LogP contribution in [-0.4, -0.2) is 39.7 Å². The smallest absolute Gasteiger partial charge is 0.270 e. The average Bonchev–Trinajstić information content (AvgIpc) is 2.86. The molecule has 0 aliphatic carbocycles. The second-order valence-electron chi connectivity index (χ2n) is 4.40. The van der Waals surface area contributed by atoms with E-state index in [2.05, 4.69) is 0 Å². The fraction of sp³-hybridized carbons (Fsp3) is 0.583. The van der Waals surface area contributed by atoms with Crippen LogP contribution in [0.4, 0.5) is 0 Å². The maximum Gasteiger partial charge on any atom is 0.270 e. The molecule has 16 heavy (non-hydrogen) atoms. The van der Waals surface area contributed by atoms with Crippen molar-refractivity contribution < 1.29 is 9.90 Å². The Balaban J connectivity index is 2.22. The van der Waals surface area contributed by atoms with Crippen LogP contribution in [0.15, 0.2) is 12.1 Å². The summed E-state index contributed by atoms with van der Waals surface area (Å²) >= 11 is 0. The molecule has 1 amide bonds. The highest BCUT2D eigenvalue weighted by molar-refractivity contribution is 5.93. The van der Waals surface area contributed by atoms with Crippen LogP contribution in [0.5, 0.6) is 0 Å². The lowest BCUT2D eigenvalue weighted by molar-refractivity contribution is 0.0668. The van der Waals surface area contributed by atoms with Crippen LogP contribution < -0.4 is 0 Å². The third-order valence-electron chi connectivity index (χ3n) is 3.44. The van der Waals surface area contributed by atoms with Gasteiger partial charge in [-0.1, -0.05) is 0 Å². The maximum absolute atomic E-state index is 12.2. The lowest BCUT2D eigenvalue weighted by Crippen LogP contribution is -2.38. The summed E-state index contributed by atoms with van der Waals surface area (Å²) in [5.74, 6) is 0.0344. The molecule has 1 aliphatic rings. The summed E-state index contributed by atoms with van der Waals surface area (Å²) in [5, 5.41) is 9.21. The Morgan fingerprint density at radius 2 is 2.31 bits per heavy atom. The minimum absolute atomic E-state index is 0.00251. The van der Waals surface area contributed by atoms with Crippen LogP contribution in [0.2, 0.25) is 0 Å². The summed E-state index contributed by atoms with van der Waals surface area (Å²) in [7, 11) is 1.90. The highest BCUT2D eigenvalue weighted by Crippen LogP contribution is 2.20. The average molecular weight is 222 g/mol. The van der Waals surface area contributed by atoms with Gasteiger partial charge in [-0.05, 0) is 31.9 Å². The Morgan fingerprint density at radius 1 is 1.56 bits per heavy atom. The minimum atomic E-state index is 0.00251. The quantitative estimate of drug-likeness (QED) is 0.809. The molecule has 88 valence electrons.